The third-order valence-electron chi connectivity index (χ3n) is 9.07. The average molecular weight is 484 g/mol. The number of amides is 1. The minimum absolute atomic E-state index is 0.0435. The first kappa shape index (κ1) is 24.1. The van der Waals surface area contributed by atoms with Crippen LogP contribution in [0.15, 0.2) is 29.3 Å². The second-order valence-electron chi connectivity index (χ2n) is 11.4. The zero-order valence-electron chi connectivity index (χ0n) is 21.2. The Kier molecular flexibility index (Phi) is 5.67. The number of carbonyl (C=O) groups excluding carboxylic acids is 1. The molecule has 0 radical (unpaired) electrons. The SMILES string of the molecule is Cc1nn(C(C)(CC#N)C(N)=NC2C3CC4CC2CC(C(N)=O)(C4)C3)c(C)c1-c1ccc(C#N)cc1. The van der Waals surface area contributed by atoms with Crippen LogP contribution in [0.3, 0.4) is 0 Å². The Labute approximate surface area is 212 Å². The van der Waals surface area contributed by atoms with Gasteiger partial charge in [-0.2, -0.15) is 15.6 Å². The Morgan fingerprint density at radius 3 is 2.36 bits per heavy atom. The lowest BCUT2D eigenvalue weighted by Gasteiger charge is -2.57. The molecule has 6 rings (SSSR count). The van der Waals surface area contributed by atoms with Crippen molar-refractivity contribution >= 4 is 11.7 Å². The molecule has 8 heteroatoms. The van der Waals surface area contributed by atoms with Crippen molar-refractivity contribution in [2.75, 3.05) is 0 Å². The van der Waals surface area contributed by atoms with Crippen molar-refractivity contribution in [2.24, 2.45) is 39.6 Å². The van der Waals surface area contributed by atoms with E-state index in [1.807, 2.05) is 37.6 Å². The minimum Gasteiger partial charge on any atom is -0.385 e. The van der Waals surface area contributed by atoms with Crippen LogP contribution in [0, 0.1) is 59.7 Å². The number of amidine groups is 1. The lowest BCUT2D eigenvalue weighted by Crippen LogP contribution is -2.58. The summed E-state index contributed by atoms with van der Waals surface area (Å²) in [5.74, 6) is 1.38. The average Bonchev–Trinajstić information content (AvgIpc) is 3.15. The molecule has 1 aromatic heterocycles. The molecule has 1 aromatic carbocycles. The van der Waals surface area contributed by atoms with Crippen molar-refractivity contribution in [1.29, 1.82) is 10.5 Å². The number of hydrogen-bond acceptors (Lipinski definition) is 5. The highest BCUT2D eigenvalue weighted by Crippen LogP contribution is 2.60. The molecule has 4 aliphatic rings. The summed E-state index contributed by atoms with van der Waals surface area (Å²) in [5.41, 5.74) is 15.6. The summed E-state index contributed by atoms with van der Waals surface area (Å²) in [4.78, 5) is 17.4. The Bertz CT molecular complexity index is 1310. The lowest BCUT2D eigenvalue weighted by molar-refractivity contribution is -0.144. The summed E-state index contributed by atoms with van der Waals surface area (Å²) in [6.45, 7) is 5.85. The molecule has 1 heterocycles. The third-order valence-corrected chi connectivity index (χ3v) is 9.07. The maximum Gasteiger partial charge on any atom is 0.223 e. The van der Waals surface area contributed by atoms with Crippen LogP contribution < -0.4 is 11.5 Å². The van der Waals surface area contributed by atoms with E-state index in [1.165, 1.54) is 0 Å². The van der Waals surface area contributed by atoms with Crippen LogP contribution in [0.2, 0.25) is 0 Å². The molecule has 0 spiro atoms. The first-order chi connectivity index (χ1) is 17.1. The molecular formula is C28H33N7O. The quantitative estimate of drug-likeness (QED) is 0.475. The Morgan fingerprint density at radius 2 is 1.81 bits per heavy atom. The number of benzene rings is 1. The Hall–Kier alpha value is -3.65. The number of aliphatic imine (C=N–C) groups is 1. The molecule has 4 N–H and O–H groups in total. The summed E-state index contributed by atoms with van der Waals surface area (Å²) in [7, 11) is 0. The Balaban J connectivity index is 1.51. The van der Waals surface area contributed by atoms with Gasteiger partial charge in [-0.25, -0.2) is 0 Å². The van der Waals surface area contributed by atoms with Gasteiger partial charge in [0.05, 0.1) is 35.9 Å². The molecule has 0 aliphatic heterocycles. The summed E-state index contributed by atoms with van der Waals surface area (Å²) in [6, 6.07) is 11.9. The molecule has 4 aliphatic carbocycles. The highest BCUT2D eigenvalue weighted by Gasteiger charge is 2.58. The summed E-state index contributed by atoms with van der Waals surface area (Å²) >= 11 is 0. The van der Waals surface area contributed by atoms with Gasteiger partial charge in [-0.15, -0.1) is 0 Å². The molecule has 3 unspecified atom stereocenters. The lowest BCUT2D eigenvalue weighted by atomic mass is 9.48. The normalized spacial score (nSPS) is 30.4. The largest absolute Gasteiger partial charge is 0.385 e. The summed E-state index contributed by atoms with van der Waals surface area (Å²) in [5, 5.41) is 23.8. The van der Waals surface area contributed by atoms with Crippen LogP contribution in [0.4, 0.5) is 0 Å². The van der Waals surface area contributed by atoms with E-state index >= 15 is 0 Å². The maximum atomic E-state index is 12.3. The van der Waals surface area contributed by atoms with Crippen molar-refractivity contribution in [3.8, 4) is 23.3 Å². The second-order valence-corrected chi connectivity index (χ2v) is 11.4. The summed E-state index contributed by atoms with van der Waals surface area (Å²) in [6.07, 6.45) is 4.74. The smallest absolute Gasteiger partial charge is 0.223 e. The maximum absolute atomic E-state index is 12.3. The molecule has 36 heavy (non-hydrogen) atoms. The van der Waals surface area contributed by atoms with Gasteiger partial charge in [-0.3, -0.25) is 14.5 Å². The molecule has 4 saturated carbocycles. The Morgan fingerprint density at radius 1 is 1.17 bits per heavy atom. The van der Waals surface area contributed by atoms with Gasteiger partial charge in [0.15, 0.2) is 0 Å². The van der Waals surface area contributed by atoms with Gasteiger partial charge < -0.3 is 11.5 Å². The van der Waals surface area contributed by atoms with Gasteiger partial charge in [0.1, 0.15) is 11.4 Å². The zero-order valence-corrected chi connectivity index (χ0v) is 21.2. The molecule has 186 valence electrons. The molecule has 0 saturated heterocycles. The predicted octanol–water partition coefficient (Wildman–Crippen LogP) is 3.70. The van der Waals surface area contributed by atoms with Crippen LogP contribution in [-0.4, -0.2) is 27.6 Å². The van der Waals surface area contributed by atoms with E-state index in [0.29, 0.717) is 29.2 Å². The number of nitrogens with zero attached hydrogens (tertiary/aromatic N) is 5. The first-order valence-electron chi connectivity index (χ1n) is 12.7. The van der Waals surface area contributed by atoms with Crippen molar-refractivity contribution in [1.82, 2.24) is 9.78 Å². The topological polar surface area (TPSA) is 147 Å². The van der Waals surface area contributed by atoms with Gasteiger partial charge in [-0.1, -0.05) is 12.1 Å². The van der Waals surface area contributed by atoms with Crippen LogP contribution >= 0.6 is 0 Å². The number of carbonyl (C=O) groups is 1. The van der Waals surface area contributed by atoms with E-state index in [1.54, 1.807) is 12.1 Å². The fraction of sp³-hybridized carbons (Fsp3) is 0.536. The van der Waals surface area contributed by atoms with Crippen LogP contribution in [-0.2, 0) is 10.3 Å². The number of primary amides is 1. The highest BCUT2D eigenvalue weighted by molar-refractivity contribution is 5.89. The van der Waals surface area contributed by atoms with E-state index in [0.717, 1.165) is 54.6 Å². The summed E-state index contributed by atoms with van der Waals surface area (Å²) < 4.78 is 1.85. The number of hydrogen-bond donors (Lipinski definition) is 2. The second kappa shape index (κ2) is 8.48. The van der Waals surface area contributed by atoms with Gasteiger partial charge in [0, 0.05) is 16.7 Å². The molecule has 1 amide bonds. The van der Waals surface area contributed by atoms with Gasteiger partial charge in [-0.05, 0) is 88.3 Å². The molecular weight excluding hydrogens is 450 g/mol. The standard InChI is InChI=1S/C28H33N7O/c1-16-23(20-6-4-18(15-30)5-7-20)17(2)35(34-16)27(3,8-9-29)25(31)33-24-21-10-19-11-22(24)14-28(12-19,13-21)26(32)36/h4-7,19,21-22,24H,8,10-14H2,1-3H3,(H2,31,33)(H2,32,36). The van der Waals surface area contributed by atoms with E-state index in [9.17, 15) is 10.1 Å². The fourth-order valence-electron chi connectivity index (χ4n) is 7.49. The van der Waals surface area contributed by atoms with E-state index < -0.39 is 5.54 Å². The monoisotopic (exact) mass is 483 g/mol. The fourth-order valence-corrected chi connectivity index (χ4v) is 7.49. The number of rotatable bonds is 6. The molecule has 4 fully saturated rings. The predicted molar refractivity (Wildman–Crippen MR) is 136 cm³/mol. The molecule has 2 aromatic rings. The zero-order chi connectivity index (χ0) is 25.8. The number of nitriles is 2. The molecule has 3 atom stereocenters. The van der Waals surface area contributed by atoms with Crippen molar-refractivity contribution in [2.45, 2.75) is 70.9 Å². The molecule has 8 nitrogen and oxygen atoms in total. The number of nitrogens with two attached hydrogens (primary N) is 2. The molecule has 4 bridgehead atoms. The van der Waals surface area contributed by atoms with Crippen molar-refractivity contribution in [3.63, 3.8) is 0 Å². The van der Waals surface area contributed by atoms with E-state index in [4.69, 9.17) is 26.8 Å². The number of aromatic nitrogens is 2. The van der Waals surface area contributed by atoms with E-state index in [2.05, 4.69) is 12.1 Å². The van der Waals surface area contributed by atoms with Crippen LogP contribution in [0.5, 0.6) is 0 Å². The van der Waals surface area contributed by atoms with Gasteiger partial charge in [0.25, 0.3) is 0 Å². The minimum atomic E-state index is -0.912. The van der Waals surface area contributed by atoms with Crippen LogP contribution in [0.25, 0.3) is 11.1 Å². The highest BCUT2D eigenvalue weighted by atomic mass is 16.1. The first-order valence-corrected chi connectivity index (χ1v) is 12.7. The van der Waals surface area contributed by atoms with Crippen molar-refractivity contribution < 1.29 is 4.79 Å². The third kappa shape index (κ3) is 3.59. The number of aryl methyl sites for hydroxylation is 1. The van der Waals surface area contributed by atoms with Crippen molar-refractivity contribution in [3.05, 3.63) is 41.2 Å². The van der Waals surface area contributed by atoms with Gasteiger partial charge in [0.2, 0.25) is 5.91 Å². The van der Waals surface area contributed by atoms with Gasteiger partial charge >= 0.3 is 0 Å². The van der Waals surface area contributed by atoms with E-state index in [-0.39, 0.29) is 23.8 Å². The van der Waals surface area contributed by atoms with Crippen LogP contribution in [0.1, 0.15) is 62.4 Å².